The van der Waals surface area contributed by atoms with Crippen molar-refractivity contribution in [2.45, 2.75) is 33.1 Å². The van der Waals surface area contributed by atoms with Crippen LogP contribution in [0.3, 0.4) is 0 Å². The van der Waals surface area contributed by atoms with Crippen molar-refractivity contribution in [2.24, 2.45) is 0 Å². The highest BCUT2D eigenvalue weighted by molar-refractivity contribution is 5.55. The van der Waals surface area contributed by atoms with Crippen LogP contribution < -0.4 is 5.32 Å². The number of allylic oxidation sites excluding steroid dienone is 1. The molecule has 0 aliphatic heterocycles. The smallest absolute Gasteiger partial charge is 0.0411 e. The van der Waals surface area contributed by atoms with Crippen LogP contribution in [0.1, 0.15) is 30.0 Å². The van der Waals surface area contributed by atoms with Crippen LogP contribution >= 0.6 is 0 Å². The van der Waals surface area contributed by atoms with E-state index in [4.69, 9.17) is 0 Å². The predicted octanol–water partition coefficient (Wildman–Crippen LogP) is 5.12. The third-order valence-corrected chi connectivity index (χ3v) is 3.57. The van der Waals surface area contributed by atoms with Gasteiger partial charge in [0.05, 0.1) is 0 Å². The van der Waals surface area contributed by atoms with Gasteiger partial charge in [-0.1, -0.05) is 56.0 Å². The van der Waals surface area contributed by atoms with Crippen LogP contribution in [-0.4, -0.2) is 0 Å². The molecule has 0 saturated carbocycles. The molecule has 0 unspecified atom stereocenters. The minimum absolute atomic E-state index is 0.957. The van der Waals surface area contributed by atoms with Crippen molar-refractivity contribution in [1.29, 1.82) is 0 Å². The Morgan fingerprint density at radius 2 is 1.80 bits per heavy atom. The van der Waals surface area contributed by atoms with Crippen LogP contribution in [-0.2, 0) is 12.8 Å². The van der Waals surface area contributed by atoms with E-state index in [-0.39, 0.29) is 0 Å². The number of benzene rings is 2. The summed E-state index contributed by atoms with van der Waals surface area (Å²) >= 11 is 0. The Labute approximate surface area is 122 Å². The average Bonchev–Trinajstić information content (AvgIpc) is 2.48. The second kappa shape index (κ2) is 6.95. The monoisotopic (exact) mass is 265 g/mol. The SMILES string of the molecule is C=C(CCc1ccccc1)Nc1ccc(CC)cc1C. The summed E-state index contributed by atoms with van der Waals surface area (Å²) < 4.78 is 0. The standard InChI is InChI=1S/C19H23N/c1-4-17-12-13-19(15(2)14-17)20-16(3)10-11-18-8-6-5-7-9-18/h5-9,12-14,20H,3-4,10-11H2,1-2H3. The maximum Gasteiger partial charge on any atom is 0.0411 e. The van der Waals surface area contributed by atoms with Gasteiger partial charge < -0.3 is 5.32 Å². The van der Waals surface area contributed by atoms with Crippen molar-refractivity contribution in [2.75, 3.05) is 5.32 Å². The Morgan fingerprint density at radius 3 is 2.45 bits per heavy atom. The first-order chi connectivity index (χ1) is 9.69. The molecule has 2 rings (SSSR count). The summed E-state index contributed by atoms with van der Waals surface area (Å²) in [6.45, 7) is 8.46. The van der Waals surface area contributed by atoms with Crippen molar-refractivity contribution in [3.8, 4) is 0 Å². The minimum Gasteiger partial charge on any atom is -0.359 e. The van der Waals surface area contributed by atoms with Crippen LogP contribution in [0.25, 0.3) is 0 Å². The summed E-state index contributed by atoms with van der Waals surface area (Å²) in [5.74, 6) is 0. The predicted molar refractivity (Wildman–Crippen MR) is 88.1 cm³/mol. The summed E-state index contributed by atoms with van der Waals surface area (Å²) in [4.78, 5) is 0. The summed E-state index contributed by atoms with van der Waals surface area (Å²) in [7, 11) is 0. The van der Waals surface area contributed by atoms with Crippen LogP contribution in [0.2, 0.25) is 0 Å². The van der Waals surface area contributed by atoms with Gasteiger partial charge in [0.15, 0.2) is 0 Å². The van der Waals surface area contributed by atoms with Gasteiger partial charge in [-0.15, -0.1) is 0 Å². The van der Waals surface area contributed by atoms with E-state index in [0.29, 0.717) is 0 Å². The van der Waals surface area contributed by atoms with Crippen molar-refractivity contribution in [3.63, 3.8) is 0 Å². The van der Waals surface area contributed by atoms with Gasteiger partial charge in [0.2, 0.25) is 0 Å². The molecule has 2 aromatic rings. The van der Waals surface area contributed by atoms with Gasteiger partial charge in [-0.25, -0.2) is 0 Å². The number of hydrogen-bond acceptors (Lipinski definition) is 1. The van der Waals surface area contributed by atoms with Crippen molar-refractivity contribution in [3.05, 3.63) is 77.5 Å². The van der Waals surface area contributed by atoms with Crippen LogP contribution in [0, 0.1) is 6.92 Å². The maximum atomic E-state index is 4.14. The fraction of sp³-hybridized carbons (Fsp3) is 0.263. The molecule has 0 heterocycles. The highest BCUT2D eigenvalue weighted by atomic mass is 14.9. The van der Waals surface area contributed by atoms with E-state index in [9.17, 15) is 0 Å². The molecule has 0 radical (unpaired) electrons. The Kier molecular flexibility index (Phi) is 5.00. The first kappa shape index (κ1) is 14.4. The Morgan fingerprint density at radius 1 is 1.05 bits per heavy atom. The normalized spacial score (nSPS) is 10.3. The molecule has 0 aliphatic carbocycles. The van der Waals surface area contributed by atoms with Crippen molar-refractivity contribution >= 4 is 5.69 Å². The summed E-state index contributed by atoms with van der Waals surface area (Å²) in [6.07, 6.45) is 3.06. The van der Waals surface area contributed by atoms with Crippen LogP contribution in [0.4, 0.5) is 5.69 Å². The molecule has 20 heavy (non-hydrogen) atoms. The Bertz CT molecular complexity index is 570. The summed E-state index contributed by atoms with van der Waals surface area (Å²) in [5.41, 5.74) is 6.25. The number of rotatable bonds is 6. The molecule has 0 aromatic heterocycles. The molecule has 0 spiro atoms. The number of anilines is 1. The molecule has 0 amide bonds. The number of hydrogen-bond donors (Lipinski definition) is 1. The lowest BCUT2D eigenvalue weighted by Gasteiger charge is -2.13. The highest BCUT2D eigenvalue weighted by Gasteiger charge is 2.01. The lowest BCUT2D eigenvalue weighted by atomic mass is 10.1. The van der Waals surface area contributed by atoms with E-state index >= 15 is 0 Å². The first-order valence-corrected chi connectivity index (χ1v) is 7.27. The molecule has 0 bridgehead atoms. The van der Waals surface area contributed by atoms with Gasteiger partial charge in [0.1, 0.15) is 0 Å². The van der Waals surface area contributed by atoms with E-state index in [1.54, 1.807) is 0 Å². The molecule has 104 valence electrons. The average molecular weight is 265 g/mol. The van der Waals surface area contributed by atoms with Gasteiger partial charge in [0.25, 0.3) is 0 Å². The van der Waals surface area contributed by atoms with E-state index in [1.165, 1.54) is 22.4 Å². The van der Waals surface area contributed by atoms with E-state index in [0.717, 1.165) is 25.0 Å². The summed E-state index contributed by atoms with van der Waals surface area (Å²) in [5, 5.41) is 3.44. The van der Waals surface area contributed by atoms with Crippen molar-refractivity contribution in [1.82, 2.24) is 0 Å². The molecule has 0 atom stereocenters. The molecule has 0 fully saturated rings. The third kappa shape index (κ3) is 3.99. The molecule has 1 heteroatoms. The van der Waals surface area contributed by atoms with Crippen LogP contribution in [0.5, 0.6) is 0 Å². The molecule has 0 aliphatic rings. The Balaban J connectivity index is 1.91. The van der Waals surface area contributed by atoms with Gasteiger partial charge >= 0.3 is 0 Å². The molecule has 1 N–H and O–H groups in total. The van der Waals surface area contributed by atoms with Gasteiger partial charge in [-0.05, 0) is 48.9 Å². The van der Waals surface area contributed by atoms with E-state index in [1.807, 2.05) is 0 Å². The second-order valence-corrected chi connectivity index (χ2v) is 5.22. The fourth-order valence-corrected chi connectivity index (χ4v) is 2.28. The van der Waals surface area contributed by atoms with Gasteiger partial charge in [0, 0.05) is 11.4 Å². The lowest BCUT2D eigenvalue weighted by molar-refractivity contribution is 0.949. The van der Waals surface area contributed by atoms with Crippen molar-refractivity contribution < 1.29 is 0 Å². The van der Waals surface area contributed by atoms with Gasteiger partial charge in [-0.2, -0.15) is 0 Å². The highest BCUT2D eigenvalue weighted by Crippen LogP contribution is 2.19. The Hall–Kier alpha value is -2.02. The van der Waals surface area contributed by atoms with E-state index < -0.39 is 0 Å². The fourth-order valence-electron chi connectivity index (χ4n) is 2.28. The number of nitrogens with one attached hydrogen (secondary N) is 1. The maximum absolute atomic E-state index is 4.14. The minimum atomic E-state index is 0.957. The van der Waals surface area contributed by atoms with Crippen LogP contribution in [0.15, 0.2) is 60.8 Å². The quantitative estimate of drug-likeness (QED) is 0.764. The largest absolute Gasteiger partial charge is 0.359 e. The van der Waals surface area contributed by atoms with E-state index in [2.05, 4.69) is 74.3 Å². The molecule has 1 nitrogen and oxygen atoms in total. The molecule has 2 aromatic carbocycles. The zero-order chi connectivity index (χ0) is 14.4. The first-order valence-electron chi connectivity index (χ1n) is 7.27. The zero-order valence-corrected chi connectivity index (χ0v) is 12.4. The number of aryl methyl sites for hydroxylation is 3. The third-order valence-electron chi connectivity index (χ3n) is 3.57. The molecule has 0 saturated heterocycles. The summed E-state index contributed by atoms with van der Waals surface area (Å²) in [6, 6.07) is 17.1. The topological polar surface area (TPSA) is 12.0 Å². The second-order valence-electron chi connectivity index (χ2n) is 5.22. The molecular formula is C19H23N. The zero-order valence-electron chi connectivity index (χ0n) is 12.4. The van der Waals surface area contributed by atoms with Gasteiger partial charge in [-0.3, -0.25) is 0 Å². The molecular weight excluding hydrogens is 242 g/mol. The lowest BCUT2D eigenvalue weighted by Crippen LogP contribution is -2.01.